The molecule has 1 atom stereocenters. The van der Waals surface area contributed by atoms with Crippen molar-refractivity contribution in [2.24, 2.45) is 0 Å². The predicted octanol–water partition coefficient (Wildman–Crippen LogP) is 2.10. The zero-order valence-corrected chi connectivity index (χ0v) is 10.5. The predicted molar refractivity (Wildman–Crippen MR) is 62.5 cm³/mol. The Morgan fingerprint density at radius 3 is 2.73 bits per heavy atom. The van der Waals surface area contributed by atoms with Gasteiger partial charge in [0.2, 0.25) is 9.70 Å². The molecule has 0 unspecified atom stereocenters. The van der Waals surface area contributed by atoms with Crippen LogP contribution in [0.2, 0.25) is 0 Å². The summed E-state index contributed by atoms with van der Waals surface area (Å²) in [6.45, 7) is 0. The fourth-order valence-electron chi connectivity index (χ4n) is 0.857. The molecular formula is C8H8Cl3NO2S. The molecule has 0 aliphatic carbocycles. The van der Waals surface area contributed by atoms with Crippen molar-refractivity contribution in [1.82, 2.24) is 5.32 Å². The van der Waals surface area contributed by atoms with Gasteiger partial charge in [0.05, 0.1) is 6.42 Å². The lowest BCUT2D eigenvalue weighted by Gasteiger charge is -2.19. The summed E-state index contributed by atoms with van der Waals surface area (Å²) >= 11 is 17.6. The first-order chi connectivity index (χ1) is 6.89. The highest BCUT2D eigenvalue weighted by atomic mass is 35.6. The lowest BCUT2D eigenvalue weighted by molar-refractivity contribution is -0.123. The molecule has 1 rings (SSSR count). The highest BCUT2D eigenvalue weighted by Gasteiger charge is 2.31. The quantitative estimate of drug-likeness (QED) is 0.661. The fraction of sp³-hybridized carbons (Fsp3) is 0.375. The molecule has 1 aromatic rings. The van der Waals surface area contributed by atoms with Gasteiger partial charge in [0.1, 0.15) is 0 Å². The molecule has 1 aromatic heterocycles. The van der Waals surface area contributed by atoms with E-state index in [-0.39, 0.29) is 6.42 Å². The van der Waals surface area contributed by atoms with Crippen molar-refractivity contribution >= 4 is 52.0 Å². The van der Waals surface area contributed by atoms with E-state index in [9.17, 15) is 9.90 Å². The van der Waals surface area contributed by atoms with Crippen molar-refractivity contribution in [3.05, 3.63) is 22.4 Å². The number of aliphatic hydroxyl groups excluding tert-OH is 1. The van der Waals surface area contributed by atoms with Crippen LogP contribution >= 0.6 is 46.1 Å². The van der Waals surface area contributed by atoms with E-state index in [1.807, 2.05) is 17.5 Å². The Labute approximate surface area is 106 Å². The summed E-state index contributed by atoms with van der Waals surface area (Å²) in [6.07, 6.45) is -1.34. The van der Waals surface area contributed by atoms with E-state index in [0.29, 0.717) is 0 Å². The standard InChI is InChI=1S/C8H8Cl3NO2S/c9-8(10,11)7(14)12-6(13)4-5-2-1-3-15-5/h1-3,7,14H,4H2,(H,12,13)/t7-/m1/s1. The minimum absolute atomic E-state index is 0.162. The number of hydrogen-bond acceptors (Lipinski definition) is 3. The number of rotatable bonds is 3. The molecule has 3 nitrogen and oxygen atoms in total. The third kappa shape index (κ3) is 4.57. The number of amides is 1. The second kappa shape index (κ2) is 5.37. The van der Waals surface area contributed by atoms with Crippen LogP contribution in [0.25, 0.3) is 0 Å². The third-order valence-electron chi connectivity index (χ3n) is 1.52. The second-order valence-corrected chi connectivity index (χ2v) is 6.17. The molecule has 0 aliphatic heterocycles. The number of hydrogen-bond donors (Lipinski definition) is 2. The minimum atomic E-state index is -1.91. The van der Waals surface area contributed by atoms with E-state index < -0.39 is 15.9 Å². The first-order valence-corrected chi connectivity index (χ1v) is 5.97. The van der Waals surface area contributed by atoms with Crippen LogP contribution in [-0.2, 0) is 11.2 Å². The molecule has 0 radical (unpaired) electrons. The molecule has 2 N–H and O–H groups in total. The molecule has 0 aliphatic rings. The third-order valence-corrected chi connectivity index (χ3v) is 3.02. The Bertz CT molecular complexity index is 323. The Balaban J connectivity index is 2.43. The van der Waals surface area contributed by atoms with Gasteiger partial charge < -0.3 is 10.4 Å². The van der Waals surface area contributed by atoms with Gasteiger partial charge >= 0.3 is 0 Å². The minimum Gasteiger partial charge on any atom is -0.369 e. The molecule has 1 heterocycles. The summed E-state index contributed by atoms with van der Waals surface area (Å²) in [5.41, 5.74) is 0. The molecular weight excluding hydrogens is 281 g/mol. The number of alkyl halides is 3. The van der Waals surface area contributed by atoms with Crippen molar-refractivity contribution < 1.29 is 9.90 Å². The highest BCUT2D eigenvalue weighted by molar-refractivity contribution is 7.10. The van der Waals surface area contributed by atoms with Crippen molar-refractivity contribution in [2.75, 3.05) is 0 Å². The monoisotopic (exact) mass is 287 g/mol. The van der Waals surface area contributed by atoms with Crippen molar-refractivity contribution in [1.29, 1.82) is 0 Å². The van der Waals surface area contributed by atoms with E-state index in [0.717, 1.165) is 4.88 Å². The van der Waals surface area contributed by atoms with Crippen LogP contribution in [0.1, 0.15) is 4.88 Å². The summed E-state index contributed by atoms with van der Waals surface area (Å²) < 4.78 is -1.91. The summed E-state index contributed by atoms with van der Waals surface area (Å²) in [6, 6.07) is 3.64. The summed E-state index contributed by atoms with van der Waals surface area (Å²) in [7, 11) is 0. The van der Waals surface area contributed by atoms with Gasteiger partial charge in [0.25, 0.3) is 0 Å². The number of thiophene rings is 1. The van der Waals surface area contributed by atoms with Gasteiger partial charge in [-0.05, 0) is 11.4 Å². The first-order valence-electron chi connectivity index (χ1n) is 3.96. The van der Waals surface area contributed by atoms with Gasteiger partial charge in [-0.15, -0.1) is 11.3 Å². The molecule has 1 amide bonds. The number of carbonyl (C=O) groups excluding carboxylic acids is 1. The van der Waals surface area contributed by atoms with Crippen LogP contribution in [-0.4, -0.2) is 21.0 Å². The Morgan fingerprint density at radius 2 is 2.27 bits per heavy atom. The number of aliphatic hydroxyl groups is 1. The van der Waals surface area contributed by atoms with Crippen molar-refractivity contribution in [3.63, 3.8) is 0 Å². The maximum Gasteiger partial charge on any atom is 0.234 e. The molecule has 0 spiro atoms. The number of nitrogens with one attached hydrogen (secondary N) is 1. The second-order valence-electron chi connectivity index (χ2n) is 2.77. The van der Waals surface area contributed by atoms with Gasteiger partial charge in [-0.3, -0.25) is 4.79 Å². The highest BCUT2D eigenvalue weighted by Crippen LogP contribution is 2.28. The van der Waals surface area contributed by atoms with E-state index in [2.05, 4.69) is 5.32 Å². The van der Waals surface area contributed by atoms with Crippen LogP contribution in [0.3, 0.4) is 0 Å². The van der Waals surface area contributed by atoms with Crippen molar-refractivity contribution in [2.45, 2.75) is 16.4 Å². The SMILES string of the molecule is O=C(Cc1cccs1)N[C@H](O)C(Cl)(Cl)Cl. The Hall–Kier alpha value is -0.000000000000000111. The molecule has 0 saturated heterocycles. The number of halogens is 3. The van der Waals surface area contributed by atoms with E-state index >= 15 is 0 Å². The lowest BCUT2D eigenvalue weighted by Crippen LogP contribution is -2.44. The molecule has 84 valence electrons. The largest absolute Gasteiger partial charge is 0.369 e. The maximum absolute atomic E-state index is 11.3. The topological polar surface area (TPSA) is 49.3 Å². The first kappa shape index (κ1) is 13.1. The fourth-order valence-corrected chi connectivity index (χ4v) is 1.72. The zero-order chi connectivity index (χ0) is 11.5. The van der Waals surface area contributed by atoms with Crippen molar-refractivity contribution in [3.8, 4) is 0 Å². The van der Waals surface area contributed by atoms with Gasteiger partial charge in [-0.2, -0.15) is 0 Å². The molecule has 0 saturated carbocycles. The summed E-state index contributed by atoms with van der Waals surface area (Å²) in [5.74, 6) is -0.392. The zero-order valence-electron chi connectivity index (χ0n) is 7.41. The molecule has 0 bridgehead atoms. The van der Waals surface area contributed by atoms with Crippen LogP contribution in [0.4, 0.5) is 0 Å². The molecule has 0 fully saturated rings. The summed E-state index contributed by atoms with van der Waals surface area (Å²) in [5, 5.41) is 13.3. The smallest absolute Gasteiger partial charge is 0.234 e. The average Bonchev–Trinajstić information content (AvgIpc) is 2.54. The Kier molecular flexibility index (Phi) is 4.67. The van der Waals surface area contributed by atoms with Gasteiger partial charge in [0, 0.05) is 4.88 Å². The normalized spacial score (nSPS) is 13.6. The molecule has 0 aromatic carbocycles. The van der Waals surface area contributed by atoms with Gasteiger partial charge in [-0.25, -0.2) is 0 Å². The maximum atomic E-state index is 11.3. The Morgan fingerprint density at radius 1 is 1.60 bits per heavy atom. The van der Waals surface area contributed by atoms with E-state index in [1.54, 1.807) is 0 Å². The van der Waals surface area contributed by atoms with E-state index in [4.69, 9.17) is 34.8 Å². The lowest BCUT2D eigenvalue weighted by atomic mass is 10.3. The van der Waals surface area contributed by atoms with Gasteiger partial charge in [-0.1, -0.05) is 40.9 Å². The summed E-state index contributed by atoms with van der Waals surface area (Å²) in [4.78, 5) is 12.2. The van der Waals surface area contributed by atoms with Crippen LogP contribution in [0.15, 0.2) is 17.5 Å². The molecule has 15 heavy (non-hydrogen) atoms. The van der Waals surface area contributed by atoms with Crippen LogP contribution in [0.5, 0.6) is 0 Å². The van der Waals surface area contributed by atoms with Gasteiger partial charge in [0.15, 0.2) is 6.23 Å². The van der Waals surface area contributed by atoms with Crippen LogP contribution in [0, 0.1) is 0 Å². The number of carbonyl (C=O) groups is 1. The average molecular weight is 289 g/mol. The molecule has 7 heteroatoms. The van der Waals surface area contributed by atoms with Crippen LogP contribution < -0.4 is 5.32 Å². The van der Waals surface area contributed by atoms with E-state index in [1.165, 1.54) is 11.3 Å².